The molecule has 0 saturated heterocycles. The summed E-state index contributed by atoms with van der Waals surface area (Å²) in [5.74, 6) is -0.150. The first kappa shape index (κ1) is 11.5. The highest BCUT2D eigenvalue weighted by atomic mass is 16.5. The topological polar surface area (TPSA) is 46.5 Å². The molecule has 0 fully saturated rings. The first-order valence-electron chi connectivity index (χ1n) is 6.02. The zero-order chi connectivity index (χ0) is 13.2. The minimum Gasteiger partial charge on any atom is -0.481 e. The molecule has 3 rings (SSSR count). The number of rotatable bonds is 2. The summed E-state index contributed by atoms with van der Waals surface area (Å²) in [6.45, 7) is 0. The fraction of sp³-hybridized carbons (Fsp3) is 0.0625. The zero-order valence-electron chi connectivity index (χ0n) is 10.2. The Balaban J connectivity index is 2.26. The number of aliphatic carboxylic acids is 1. The summed E-state index contributed by atoms with van der Waals surface area (Å²) < 4.78 is 5.58. The minimum absolute atomic E-state index is 0.0130. The average molecular weight is 252 g/mol. The number of fused-ring (bicyclic) bond motifs is 3. The van der Waals surface area contributed by atoms with E-state index >= 15 is 0 Å². The van der Waals surface area contributed by atoms with Gasteiger partial charge in [-0.2, -0.15) is 0 Å². The maximum atomic E-state index is 11.0. The lowest BCUT2D eigenvalue weighted by molar-refractivity contribution is -0.136. The van der Waals surface area contributed by atoms with Crippen LogP contribution < -0.4 is 4.74 Å². The molecule has 0 unspecified atom stereocenters. The normalized spacial score (nSPS) is 12.0. The molecule has 1 N–H and O–H groups in total. The van der Waals surface area contributed by atoms with E-state index in [9.17, 15) is 4.79 Å². The van der Waals surface area contributed by atoms with E-state index in [1.165, 1.54) is 0 Å². The molecule has 0 aromatic heterocycles. The van der Waals surface area contributed by atoms with Crippen LogP contribution in [0.4, 0.5) is 0 Å². The number of carboxylic acid groups (broad SMARTS) is 1. The second kappa shape index (κ2) is 4.61. The highest BCUT2D eigenvalue weighted by Crippen LogP contribution is 2.38. The SMILES string of the molecule is O=C(O)Cc1cccc2c1-c1ccccc1C=CO2. The molecule has 1 aliphatic rings. The standard InChI is InChI=1S/C16H12O3/c17-15(18)10-12-5-3-7-14-16(12)13-6-2-1-4-11(13)8-9-19-14/h1-9H,10H2,(H,17,18). The molecule has 2 aromatic rings. The highest BCUT2D eigenvalue weighted by Gasteiger charge is 2.17. The second-order valence-corrected chi connectivity index (χ2v) is 4.37. The molecule has 3 nitrogen and oxygen atoms in total. The van der Waals surface area contributed by atoms with Gasteiger partial charge >= 0.3 is 5.97 Å². The van der Waals surface area contributed by atoms with E-state index in [0.29, 0.717) is 5.75 Å². The summed E-state index contributed by atoms with van der Waals surface area (Å²) in [4.78, 5) is 11.0. The van der Waals surface area contributed by atoms with E-state index in [2.05, 4.69) is 0 Å². The Morgan fingerprint density at radius 3 is 2.79 bits per heavy atom. The summed E-state index contributed by atoms with van der Waals surface area (Å²) in [5, 5.41) is 9.03. The Hall–Kier alpha value is -2.55. The van der Waals surface area contributed by atoms with Crippen molar-refractivity contribution >= 4 is 12.0 Å². The van der Waals surface area contributed by atoms with Crippen LogP contribution in [0.2, 0.25) is 0 Å². The number of hydrogen-bond donors (Lipinski definition) is 1. The van der Waals surface area contributed by atoms with Crippen molar-refractivity contribution in [3.63, 3.8) is 0 Å². The van der Waals surface area contributed by atoms with Gasteiger partial charge in [-0.25, -0.2) is 0 Å². The van der Waals surface area contributed by atoms with Crippen molar-refractivity contribution in [2.24, 2.45) is 0 Å². The predicted octanol–water partition coefficient (Wildman–Crippen LogP) is 3.34. The fourth-order valence-corrected chi connectivity index (χ4v) is 2.34. The quantitative estimate of drug-likeness (QED) is 0.891. The molecule has 0 spiro atoms. The molecule has 0 aliphatic carbocycles. The summed E-state index contributed by atoms with van der Waals surface area (Å²) in [7, 11) is 0. The van der Waals surface area contributed by atoms with Gasteiger partial charge in [-0.3, -0.25) is 4.79 Å². The maximum absolute atomic E-state index is 11.0. The highest BCUT2D eigenvalue weighted by molar-refractivity contribution is 5.85. The van der Waals surface area contributed by atoms with Crippen molar-refractivity contribution in [3.05, 3.63) is 59.9 Å². The van der Waals surface area contributed by atoms with E-state index in [1.54, 1.807) is 6.26 Å². The Morgan fingerprint density at radius 1 is 1.11 bits per heavy atom. The Labute approximate surface area is 110 Å². The van der Waals surface area contributed by atoms with E-state index in [1.807, 2.05) is 48.5 Å². The van der Waals surface area contributed by atoms with Crippen molar-refractivity contribution in [2.75, 3.05) is 0 Å². The number of benzene rings is 2. The molecule has 0 radical (unpaired) electrons. The van der Waals surface area contributed by atoms with E-state index in [4.69, 9.17) is 9.84 Å². The lowest BCUT2D eigenvalue weighted by Gasteiger charge is -2.12. The molecule has 0 bridgehead atoms. The van der Waals surface area contributed by atoms with E-state index < -0.39 is 5.97 Å². The van der Waals surface area contributed by atoms with Crippen molar-refractivity contribution in [1.29, 1.82) is 0 Å². The van der Waals surface area contributed by atoms with Crippen LogP contribution in [-0.2, 0) is 11.2 Å². The van der Waals surface area contributed by atoms with Gasteiger partial charge in [-0.1, -0.05) is 36.4 Å². The van der Waals surface area contributed by atoms with Crippen LogP contribution in [0.3, 0.4) is 0 Å². The van der Waals surface area contributed by atoms with Gasteiger partial charge in [0.2, 0.25) is 0 Å². The molecule has 19 heavy (non-hydrogen) atoms. The van der Waals surface area contributed by atoms with Crippen molar-refractivity contribution in [3.8, 4) is 16.9 Å². The third kappa shape index (κ3) is 2.10. The summed E-state index contributed by atoms with van der Waals surface area (Å²) in [5.41, 5.74) is 3.66. The van der Waals surface area contributed by atoms with Gasteiger partial charge in [0.05, 0.1) is 12.7 Å². The average Bonchev–Trinajstić information content (AvgIpc) is 2.58. The third-order valence-corrected chi connectivity index (χ3v) is 3.13. The van der Waals surface area contributed by atoms with Gasteiger partial charge in [0, 0.05) is 5.56 Å². The Morgan fingerprint density at radius 2 is 1.95 bits per heavy atom. The number of carboxylic acids is 1. The van der Waals surface area contributed by atoms with Crippen molar-refractivity contribution < 1.29 is 14.6 Å². The van der Waals surface area contributed by atoms with Crippen LogP contribution in [0.5, 0.6) is 5.75 Å². The van der Waals surface area contributed by atoms with Gasteiger partial charge in [0.1, 0.15) is 5.75 Å². The molecule has 1 aliphatic heterocycles. The lowest BCUT2D eigenvalue weighted by atomic mass is 9.93. The molecule has 2 aromatic carbocycles. The van der Waals surface area contributed by atoms with Gasteiger partial charge in [-0.15, -0.1) is 0 Å². The maximum Gasteiger partial charge on any atom is 0.307 e. The van der Waals surface area contributed by atoms with Crippen molar-refractivity contribution in [1.82, 2.24) is 0 Å². The molecule has 0 amide bonds. The molecule has 0 saturated carbocycles. The fourth-order valence-electron chi connectivity index (χ4n) is 2.34. The lowest BCUT2D eigenvalue weighted by Crippen LogP contribution is -2.02. The molecule has 0 atom stereocenters. The molecular weight excluding hydrogens is 240 g/mol. The monoisotopic (exact) mass is 252 g/mol. The predicted molar refractivity (Wildman–Crippen MR) is 72.9 cm³/mol. The smallest absolute Gasteiger partial charge is 0.307 e. The molecule has 1 heterocycles. The Bertz CT molecular complexity index is 671. The first-order valence-corrected chi connectivity index (χ1v) is 6.02. The number of carbonyl (C=O) groups is 1. The zero-order valence-corrected chi connectivity index (χ0v) is 10.2. The van der Waals surface area contributed by atoms with Gasteiger partial charge in [-0.05, 0) is 28.8 Å². The summed E-state index contributed by atoms with van der Waals surface area (Å²) in [6, 6.07) is 13.4. The third-order valence-electron chi connectivity index (χ3n) is 3.13. The van der Waals surface area contributed by atoms with Crippen LogP contribution >= 0.6 is 0 Å². The van der Waals surface area contributed by atoms with Gasteiger partial charge in [0.15, 0.2) is 0 Å². The molecular formula is C16H12O3. The van der Waals surface area contributed by atoms with Crippen LogP contribution in [0.25, 0.3) is 17.2 Å². The first-order chi connectivity index (χ1) is 9.25. The van der Waals surface area contributed by atoms with E-state index in [-0.39, 0.29) is 6.42 Å². The van der Waals surface area contributed by atoms with E-state index in [0.717, 1.165) is 22.3 Å². The Kier molecular flexibility index (Phi) is 2.80. The van der Waals surface area contributed by atoms with Crippen LogP contribution in [0.1, 0.15) is 11.1 Å². The second-order valence-electron chi connectivity index (χ2n) is 4.37. The number of ether oxygens (including phenoxy) is 1. The van der Waals surface area contributed by atoms with Crippen LogP contribution in [0.15, 0.2) is 48.7 Å². The van der Waals surface area contributed by atoms with Crippen molar-refractivity contribution in [2.45, 2.75) is 6.42 Å². The van der Waals surface area contributed by atoms with Gasteiger partial charge < -0.3 is 9.84 Å². The summed E-state index contributed by atoms with van der Waals surface area (Å²) in [6.07, 6.45) is 3.51. The summed E-state index contributed by atoms with van der Waals surface area (Å²) >= 11 is 0. The van der Waals surface area contributed by atoms with Crippen LogP contribution in [-0.4, -0.2) is 11.1 Å². The largest absolute Gasteiger partial charge is 0.481 e. The molecule has 3 heteroatoms. The minimum atomic E-state index is -0.844. The number of hydrogen-bond acceptors (Lipinski definition) is 2. The van der Waals surface area contributed by atoms with Gasteiger partial charge in [0.25, 0.3) is 0 Å². The van der Waals surface area contributed by atoms with Crippen LogP contribution in [0, 0.1) is 0 Å². The molecule has 94 valence electrons.